The van der Waals surface area contributed by atoms with Gasteiger partial charge in [-0.3, -0.25) is 18.7 Å². The molecule has 0 aliphatic rings. The van der Waals surface area contributed by atoms with Gasteiger partial charge in [0.1, 0.15) is 0 Å². The van der Waals surface area contributed by atoms with Crippen LogP contribution in [0.5, 0.6) is 0 Å². The monoisotopic (exact) mass is 398 g/mol. The summed E-state index contributed by atoms with van der Waals surface area (Å²) in [6.07, 6.45) is 0. The number of carbonyl (C=O) groups is 2. The lowest BCUT2D eigenvalue weighted by atomic mass is 10.2. The number of carbonyl (C=O) groups excluding carboxylic acids is 2. The second kappa shape index (κ2) is 8.35. The molecule has 0 unspecified atom stereocenters. The smallest absolute Gasteiger partial charge is 0.318 e. The Bertz CT molecular complexity index is 1100. The number of imidazole rings is 1. The Balaban J connectivity index is 1.71. The normalized spacial score (nSPS) is 10.8. The topological polar surface area (TPSA) is 85.1 Å². The van der Waals surface area contributed by atoms with Crippen LogP contribution >= 0.6 is 11.8 Å². The Hall–Kier alpha value is -3.00. The molecule has 3 aromatic rings. The summed E-state index contributed by atoms with van der Waals surface area (Å²) in [5.74, 6) is 0.342. The highest BCUT2D eigenvalue weighted by molar-refractivity contribution is 7.98. The number of nitrogens with one attached hydrogen (secondary N) is 2. The number of amides is 2. The third-order valence-corrected chi connectivity index (χ3v) is 5.34. The van der Waals surface area contributed by atoms with Gasteiger partial charge in [-0.25, -0.2) is 4.79 Å². The minimum absolute atomic E-state index is 0.155. The molecule has 28 heavy (non-hydrogen) atoms. The van der Waals surface area contributed by atoms with Crippen LogP contribution in [0, 0.1) is 0 Å². The molecule has 7 nitrogen and oxygen atoms in total. The van der Waals surface area contributed by atoms with Crippen LogP contribution in [0.15, 0.2) is 47.3 Å². The van der Waals surface area contributed by atoms with Crippen molar-refractivity contribution in [3.8, 4) is 0 Å². The third-order valence-electron chi connectivity index (χ3n) is 4.39. The number of thioether (sulfide) groups is 1. The zero-order valence-electron chi connectivity index (χ0n) is 16.0. The van der Waals surface area contributed by atoms with E-state index in [0.717, 1.165) is 22.6 Å². The third kappa shape index (κ3) is 4.12. The van der Waals surface area contributed by atoms with Crippen molar-refractivity contribution in [2.45, 2.75) is 12.7 Å². The lowest BCUT2D eigenvalue weighted by Gasteiger charge is -2.08. The van der Waals surface area contributed by atoms with Crippen LogP contribution in [-0.2, 0) is 29.4 Å². The molecular weight excluding hydrogens is 376 g/mol. The molecule has 3 rings (SSSR count). The molecular formula is C20H22N4O3S. The average Bonchev–Trinajstić information content (AvgIpc) is 2.90. The molecule has 0 bridgehead atoms. The van der Waals surface area contributed by atoms with Crippen LogP contribution in [0.4, 0.5) is 11.4 Å². The van der Waals surface area contributed by atoms with Crippen molar-refractivity contribution in [1.82, 2.24) is 9.13 Å². The predicted molar refractivity (Wildman–Crippen MR) is 114 cm³/mol. The Labute approximate surface area is 166 Å². The SMILES string of the molecule is CCSCc1cccc(NC(=O)C(=O)Nc2ccc3c(c2)n(C)c(=O)n3C)c1. The maximum Gasteiger partial charge on any atom is 0.328 e. The van der Waals surface area contributed by atoms with Crippen LogP contribution in [0.2, 0.25) is 0 Å². The van der Waals surface area contributed by atoms with Crippen molar-refractivity contribution in [3.63, 3.8) is 0 Å². The van der Waals surface area contributed by atoms with E-state index in [1.165, 1.54) is 9.13 Å². The number of anilines is 2. The number of aromatic nitrogens is 2. The van der Waals surface area contributed by atoms with Gasteiger partial charge >= 0.3 is 17.5 Å². The van der Waals surface area contributed by atoms with Crippen molar-refractivity contribution in [1.29, 1.82) is 0 Å². The zero-order valence-corrected chi connectivity index (χ0v) is 16.8. The van der Waals surface area contributed by atoms with Crippen molar-refractivity contribution >= 4 is 46.0 Å². The first-order valence-corrected chi connectivity index (χ1v) is 10.0. The van der Waals surface area contributed by atoms with E-state index in [9.17, 15) is 14.4 Å². The van der Waals surface area contributed by atoms with Gasteiger partial charge in [-0.05, 0) is 41.6 Å². The minimum atomic E-state index is -0.770. The van der Waals surface area contributed by atoms with Crippen LogP contribution in [-0.4, -0.2) is 26.7 Å². The van der Waals surface area contributed by atoms with E-state index in [0.29, 0.717) is 16.9 Å². The summed E-state index contributed by atoms with van der Waals surface area (Å²) in [5.41, 5.74) is 3.37. The summed E-state index contributed by atoms with van der Waals surface area (Å²) in [6.45, 7) is 2.09. The van der Waals surface area contributed by atoms with Gasteiger partial charge in [-0.15, -0.1) is 0 Å². The van der Waals surface area contributed by atoms with E-state index < -0.39 is 11.8 Å². The molecule has 1 aromatic heterocycles. The maximum absolute atomic E-state index is 12.3. The fourth-order valence-electron chi connectivity index (χ4n) is 2.92. The van der Waals surface area contributed by atoms with Crippen LogP contribution in [0.25, 0.3) is 11.0 Å². The number of hydrogen-bond donors (Lipinski definition) is 2. The summed E-state index contributed by atoms with van der Waals surface area (Å²) < 4.78 is 3.02. The molecule has 1 heterocycles. The number of fused-ring (bicyclic) bond motifs is 1. The first kappa shape index (κ1) is 19.8. The van der Waals surface area contributed by atoms with Gasteiger partial charge in [0.15, 0.2) is 0 Å². The summed E-state index contributed by atoms with van der Waals surface area (Å²) in [5, 5.41) is 5.20. The molecule has 2 amide bonds. The fourth-order valence-corrected chi connectivity index (χ4v) is 3.54. The van der Waals surface area contributed by atoms with Crippen molar-refractivity contribution in [2.75, 3.05) is 16.4 Å². The standard InChI is InChI=1S/C20H22N4O3S/c1-4-28-12-13-6-5-7-14(10-13)21-18(25)19(26)22-15-8-9-16-17(11-15)24(3)20(27)23(16)2/h5-11H,4,12H2,1-3H3,(H,21,25)(H,22,26). The van der Waals surface area contributed by atoms with Crippen LogP contribution in [0.3, 0.4) is 0 Å². The molecule has 0 spiro atoms. The molecule has 2 N–H and O–H groups in total. The highest BCUT2D eigenvalue weighted by Gasteiger charge is 2.15. The fraction of sp³-hybridized carbons (Fsp3) is 0.250. The minimum Gasteiger partial charge on any atom is -0.318 e. The molecule has 0 saturated carbocycles. The zero-order chi connectivity index (χ0) is 20.3. The number of nitrogens with zero attached hydrogens (tertiary/aromatic N) is 2. The second-order valence-electron chi connectivity index (χ2n) is 6.35. The van der Waals surface area contributed by atoms with E-state index in [-0.39, 0.29) is 5.69 Å². The summed E-state index contributed by atoms with van der Waals surface area (Å²) in [6, 6.07) is 12.5. The van der Waals surface area contributed by atoms with Gasteiger partial charge in [0.05, 0.1) is 11.0 Å². The number of benzene rings is 2. The van der Waals surface area contributed by atoms with E-state index in [1.54, 1.807) is 50.1 Å². The molecule has 0 fully saturated rings. The van der Waals surface area contributed by atoms with E-state index in [2.05, 4.69) is 17.6 Å². The van der Waals surface area contributed by atoms with Crippen molar-refractivity contribution < 1.29 is 9.59 Å². The highest BCUT2D eigenvalue weighted by Crippen LogP contribution is 2.18. The summed E-state index contributed by atoms with van der Waals surface area (Å²) >= 11 is 1.78. The van der Waals surface area contributed by atoms with Gasteiger partial charge in [-0.1, -0.05) is 19.1 Å². The van der Waals surface area contributed by atoms with Crippen LogP contribution < -0.4 is 16.3 Å². The average molecular weight is 398 g/mol. The number of aryl methyl sites for hydroxylation is 2. The first-order chi connectivity index (χ1) is 13.4. The number of hydrogen-bond acceptors (Lipinski definition) is 4. The molecule has 146 valence electrons. The lowest BCUT2D eigenvalue weighted by Crippen LogP contribution is -2.29. The largest absolute Gasteiger partial charge is 0.328 e. The molecule has 0 radical (unpaired) electrons. The molecule has 0 aliphatic heterocycles. The van der Waals surface area contributed by atoms with Gasteiger partial charge < -0.3 is 10.6 Å². The Kier molecular flexibility index (Phi) is 5.89. The number of rotatable bonds is 5. The Morgan fingerprint density at radius 2 is 1.57 bits per heavy atom. The van der Waals surface area contributed by atoms with Gasteiger partial charge in [0.25, 0.3) is 0 Å². The highest BCUT2D eigenvalue weighted by atomic mass is 32.2. The lowest BCUT2D eigenvalue weighted by molar-refractivity contribution is -0.132. The van der Waals surface area contributed by atoms with Crippen LogP contribution in [0.1, 0.15) is 12.5 Å². The van der Waals surface area contributed by atoms with Crippen molar-refractivity contribution in [2.24, 2.45) is 14.1 Å². The van der Waals surface area contributed by atoms with E-state index >= 15 is 0 Å². The summed E-state index contributed by atoms with van der Waals surface area (Å²) in [4.78, 5) is 36.5. The van der Waals surface area contributed by atoms with E-state index in [4.69, 9.17) is 0 Å². The van der Waals surface area contributed by atoms with Crippen molar-refractivity contribution in [3.05, 3.63) is 58.5 Å². The molecule has 0 saturated heterocycles. The van der Waals surface area contributed by atoms with Gasteiger partial charge in [-0.2, -0.15) is 11.8 Å². The molecule has 0 aliphatic carbocycles. The quantitative estimate of drug-likeness (QED) is 0.647. The Morgan fingerprint density at radius 3 is 2.25 bits per heavy atom. The summed E-state index contributed by atoms with van der Waals surface area (Å²) in [7, 11) is 3.34. The van der Waals surface area contributed by atoms with E-state index in [1.807, 2.05) is 18.2 Å². The maximum atomic E-state index is 12.3. The van der Waals surface area contributed by atoms with Gasteiger partial charge in [0.2, 0.25) is 0 Å². The second-order valence-corrected chi connectivity index (χ2v) is 7.62. The Morgan fingerprint density at radius 1 is 0.929 bits per heavy atom. The molecule has 0 atom stereocenters. The first-order valence-electron chi connectivity index (χ1n) is 8.85. The molecule has 8 heteroatoms. The molecule has 2 aromatic carbocycles. The predicted octanol–water partition coefficient (Wildman–Crippen LogP) is 2.71. The van der Waals surface area contributed by atoms with Gasteiger partial charge in [0, 0.05) is 31.2 Å².